The molecule has 0 aromatic heterocycles. The highest BCUT2D eigenvalue weighted by molar-refractivity contribution is 5.18. The fraction of sp³-hybridized carbons (Fsp3) is 0.333. The van der Waals surface area contributed by atoms with Gasteiger partial charge in [0.2, 0.25) is 6.43 Å². The molecule has 0 N–H and O–H groups in total. The van der Waals surface area contributed by atoms with Crippen LogP contribution in [0.3, 0.4) is 0 Å². The molecule has 1 aromatic carbocycles. The number of alkyl halides is 2. The van der Waals surface area contributed by atoms with Crippen molar-refractivity contribution in [2.45, 2.75) is 19.3 Å². The lowest BCUT2D eigenvalue weighted by molar-refractivity contribution is 0.121. The molecule has 0 aliphatic heterocycles. The van der Waals surface area contributed by atoms with Crippen LogP contribution < -0.4 is 0 Å². The van der Waals surface area contributed by atoms with Gasteiger partial charge in [0.15, 0.2) is 0 Å². The van der Waals surface area contributed by atoms with Crippen molar-refractivity contribution in [2.75, 3.05) is 0 Å². The molecule has 0 aliphatic rings. The number of rotatable bonds is 2. The van der Waals surface area contributed by atoms with Gasteiger partial charge in [-0.05, 0) is 11.6 Å². The summed E-state index contributed by atoms with van der Waals surface area (Å²) in [6, 6.07) is 9.46. The lowest BCUT2D eigenvalue weighted by atomic mass is 10.0. The summed E-state index contributed by atoms with van der Waals surface area (Å²) in [4.78, 5) is 0. The zero-order valence-corrected chi connectivity index (χ0v) is 6.22. The minimum atomic E-state index is -2.29. The maximum Gasteiger partial charge on any atom is 0.245 e. The first-order valence-corrected chi connectivity index (χ1v) is 3.46. The van der Waals surface area contributed by atoms with Crippen molar-refractivity contribution in [3.8, 4) is 0 Å². The van der Waals surface area contributed by atoms with Gasteiger partial charge in [-0.15, -0.1) is 0 Å². The van der Waals surface area contributed by atoms with E-state index in [4.69, 9.17) is 0 Å². The van der Waals surface area contributed by atoms with Crippen LogP contribution in [-0.2, 0) is 0 Å². The Labute approximate surface area is 64.9 Å². The van der Waals surface area contributed by atoms with Crippen molar-refractivity contribution < 1.29 is 8.78 Å². The fourth-order valence-electron chi connectivity index (χ4n) is 0.836. The van der Waals surface area contributed by atoms with Crippen LogP contribution >= 0.6 is 0 Å². The van der Waals surface area contributed by atoms with Crippen molar-refractivity contribution in [1.82, 2.24) is 0 Å². The summed E-state index contributed by atoms with van der Waals surface area (Å²) < 4.78 is 24.2. The summed E-state index contributed by atoms with van der Waals surface area (Å²) in [5.74, 6) is -0.688. The lowest BCUT2D eigenvalue weighted by Gasteiger charge is -2.08. The summed E-state index contributed by atoms with van der Waals surface area (Å²) in [6.07, 6.45) is -2.29. The number of halogens is 2. The van der Waals surface area contributed by atoms with Gasteiger partial charge in [0.25, 0.3) is 0 Å². The van der Waals surface area contributed by atoms with E-state index in [1.54, 1.807) is 24.3 Å². The molecule has 0 unspecified atom stereocenters. The molecule has 0 fully saturated rings. The maximum absolute atomic E-state index is 12.1. The first-order chi connectivity index (χ1) is 5.22. The highest BCUT2D eigenvalue weighted by Crippen LogP contribution is 2.21. The SMILES string of the molecule is C[C@H](c1c[c]ccc1)C(F)F. The molecule has 0 amide bonds. The molecular formula is C9H9F2. The third-order valence-corrected chi connectivity index (χ3v) is 1.63. The monoisotopic (exact) mass is 155 g/mol. The van der Waals surface area contributed by atoms with E-state index in [-0.39, 0.29) is 0 Å². The van der Waals surface area contributed by atoms with Gasteiger partial charge in [-0.1, -0.05) is 31.2 Å². The predicted molar refractivity (Wildman–Crippen MR) is 39.7 cm³/mol. The second-order valence-corrected chi connectivity index (χ2v) is 2.46. The third-order valence-electron chi connectivity index (χ3n) is 1.63. The molecule has 0 aliphatic carbocycles. The summed E-state index contributed by atoms with van der Waals surface area (Å²) in [5.41, 5.74) is 0.641. The van der Waals surface area contributed by atoms with Gasteiger partial charge in [0.05, 0.1) is 0 Å². The molecule has 1 aromatic rings. The Kier molecular flexibility index (Phi) is 2.58. The first-order valence-electron chi connectivity index (χ1n) is 3.46. The van der Waals surface area contributed by atoms with E-state index < -0.39 is 12.3 Å². The average molecular weight is 155 g/mol. The predicted octanol–water partition coefficient (Wildman–Crippen LogP) is 2.86. The Morgan fingerprint density at radius 2 is 2.18 bits per heavy atom. The third kappa shape index (κ3) is 2.00. The Bertz CT molecular complexity index is 206. The van der Waals surface area contributed by atoms with Crippen LogP contribution in [0.25, 0.3) is 0 Å². The topological polar surface area (TPSA) is 0 Å². The maximum atomic E-state index is 12.1. The summed E-state index contributed by atoms with van der Waals surface area (Å²) in [6.45, 7) is 1.51. The van der Waals surface area contributed by atoms with E-state index in [0.29, 0.717) is 5.56 Å². The molecule has 1 atom stereocenters. The summed E-state index contributed by atoms with van der Waals surface area (Å²) in [5, 5.41) is 0. The molecular weight excluding hydrogens is 146 g/mol. The second kappa shape index (κ2) is 3.46. The molecule has 59 valence electrons. The summed E-state index contributed by atoms with van der Waals surface area (Å²) >= 11 is 0. The number of benzene rings is 1. The van der Waals surface area contributed by atoms with E-state index in [1.165, 1.54) is 6.92 Å². The quantitative estimate of drug-likeness (QED) is 0.616. The van der Waals surface area contributed by atoms with E-state index in [1.807, 2.05) is 0 Å². The molecule has 0 nitrogen and oxygen atoms in total. The van der Waals surface area contributed by atoms with E-state index in [0.717, 1.165) is 0 Å². The molecule has 1 radical (unpaired) electrons. The minimum absolute atomic E-state index is 0.641. The van der Waals surface area contributed by atoms with Gasteiger partial charge in [0.1, 0.15) is 0 Å². The standard InChI is InChI=1S/C9H9F2/c1-7(9(10)11)8-5-3-2-4-6-8/h2-3,5-7,9H,1H3/t7-/m1/s1. The van der Waals surface area contributed by atoms with Crippen molar-refractivity contribution in [3.63, 3.8) is 0 Å². The molecule has 0 saturated heterocycles. The molecule has 0 saturated carbocycles. The van der Waals surface area contributed by atoms with Crippen LogP contribution in [-0.4, -0.2) is 6.43 Å². The van der Waals surface area contributed by atoms with Crippen LogP contribution in [0.5, 0.6) is 0 Å². The van der Waals surface area contributed by atoms with Gasteiger partial charge in [0, 0.05) is 5.92 Å². The van der Waals surface area contributed by atoms with Gasteiger partial charge in [-0.3, -0.25) is 0 Å². The van der Waals surface area contributed by atoms with Gasteiger partial charge < -0.3 is 0 Å². The molecule has 1 rings (SSSR count). The zero-order chi connectivity index (χ0) is 8.27. The van der Waals surface area contributed by atoms with Crippen molar-refractivity contribution in [3.05, 3.63) is 35.9 Å². The number of hydrogen-bond donors (Lipinski definition) is 0. The molecule has 0 bridgehead atoms. The van der Waals surface area contributed by atoms with Crippen molar-refractivity contribution in [1.29, 1.82) is 0 Å². The Morgan fingerprint density at radius 3 is 2.64 bits per heavy atom. The average Bonchev–Trinajstić information content (AvgIpc) is 2.05. The van der Waals surface area contributed by atoms with E-state index >= 15 is 0 Å². The van der Waals surface area contributed by atoms with E-state index in [9.17, 15) is 8.78 Å². The van der Waals surface area contributed by atoms with Gasteiger partial charge >= 0.3 is 0 Å². The fourth-order valence-corrected chi connectivity index (χ4v) is 0.836. The summed E-state index contributed by atoms with van der Waals surface area (Å²) in [7, 11) is 0. The zero-order valence-electron chi connectivity index (χ0n) is 6.22. The molecule has 0 spiro atoms. The van der Waals surface area contributed by atoms with Gasteiger partial charge in [-0.25, -0.2) is 8.78 Å². The van der Waals surface area contributed by atoms with Crippen molar-refractivity contribution >= 4 is 0 Å². The Hall–Kier alpha value is -0.920. The molecule has 11 heavy (non-hydrogen) atoms. The molecule has 0 heterocycles. The largest absolute Gasteiger partial charge is 0.245 e. The smallest absolute Gasteiger partial charge is 0.210 e. The number of hydrogen-bond acceptors (Lipinski definition) is 0. The lowest BCUT2D eigenvalue weighted by Crippen LogP contribution is -2.03. The normalized spacial score (nSPS) is 13.5. The highest BCUT2D eigenvalue weighted by Gasteiger charge is 2.15. The Morgan fingerprint density at radius 1 is 1.45 bits per heavy atom. The highest BCUT2D eigenvalue weighted by atomic mass is 19.3. The van der Waals surface area contributed by atoms with Crippen LogP contribution in [0.4, 0.5) is 8.78 Å². The van der Waals surface area contributed by atoms with E-state index in [2.05, 4.69) is 6.07 Å². The first kappa shape index (κ1) is 8.18. The van der Waals surface area contributed by atoms with Crippen LogP contribution in [0.2, 0.25) is 0 Å². The second-order valence-electron chi connectivity index (χ2n) is 2.46. The molecule has 2 heteroatoms. The van der Waals surface area contributed by atoms with Crippen LogP contribution in [0.15, 0.2) is 24.3 Å². The van der Waals surface area contributed by atoms with Crippen molar-refractivity contribution in [2.24, 2.45) is 0 Å². The van der Waals surface area contributed by atoms with Crippen LogP contribution in [0, 0.1) is 6.07 Å². The van der Waals surface area contributed by atoms with Crippen LogP contribution in [0.1, 0.15) is 18.4 Å². The Balaban J connectivity index is 2.77. The minimum Gasteiger partial charge on any atom is -0.210 e. The van der Waals surface area contributed by atoms with Gasteiger partial charge in [-0.2, -0.15) is 0 Å².